The average molecular weight is 465 g/mol. The standard InChI is InChI=1S/C21H28N2O6SSi/c1-11(29-31(5,6)21(2,3)4)14-17(25)23-15(19(26)27)20(30-18(14)23)28-13-9-7-12(8-10-13)16(22)24/h7-11,14,18H,1-6H3,(H2,22,24)(H,26,27)/t11-,14+,18-/m1/s1. The van der Waals surface area contributed by atoms with E-state index in [0.29, 0.717) is 11.3 Å². The maximum atomic E-state index is 12.9. The molecule has 8 nitrogen and oxygen atoms in total. The van der Waals surface area contributed by atoms with E-state index >= 15 is 0 Å². The third-order valence-corrected chi connectivity index (χ3v) is 11.9. The maximum Gasteiger partial charge on any atom is 0.357 e. The first-order valence-corrected chi connectivity index (χ1v) is 13.8. The first-order valence-electron chi connectivity index (χ1n) is 9.97. The fourth-order valence-corrected chi connectivity index (χ4v) is 6.21. The molecule has 0 unspecified atom stereocenters. The van der Waals surface area contributed by atoms with Crippen molar-refractivity contribution in [2.24, 2.45) is 11.7 Å². The number of rotatable bonds is 7. The zero-order valence-electron chi connectivity index (χ0n) is 18.5. The van der Waals surface area contributed by atoms with Crippen molar-refractivity contribution < 1.29 is 28.7 Å². The highest BCUT2D eigenvalue weighted by Crippen LogP contribution is 2.52. The van der Waals surface area contributed by atoms with Crippen LogP contribution in [-0.4, -0.2) is 47.6 Å². The number of carbonyl (C=O) groups excluding carboxylic acids is 2. The largest absolute Gasteiger partial charge is 0.476 e. The Hall–Kier alpha value is -2.30. The molecule has 1 aromatic rings. The molecule has 1 saturated heterocycles. The van der Waals surface area contributed by atoms with Crippen LogP contribution in [0.2, 0.25) is 18.1 Å². The van der Waals surface area contributed by atoms with Crippen molar-refractivity contribution in [3.63, 3.8) is 0 Å². The number of primary amides is 1. The van der Waals surface area contributed by atoms with Crippen molar-refractivity contribution in [1.29, 1.82) is 0 Å². The van der Waals surface area contributed by atoms with Gasteiger partial charge in [0, 0.05) is 5.56 Å². The van der Waals surface area contributed by atoms with Crippen molar-refractivity contribution in [3.05, 3.63) is 40.6 Å². The number of hydrogen-bond acceptors (Lipinski definition) is 6. The monoisotopic (exact) mass is 464 g/mol. The summed E-state index contributed by atoms with van der Waals surface area (Å²) in [7, 11) is -2.10. The minimum Gasteiger partial charge on any atom is -0.476 e. The summed E-state index contributed by atoms with van der Waals surface area (Å²) in [6, 6.07) is 6.06. The zero-order valence-corrected chi connectivity index (χ0v) is 20.3. The maximum absolute atomic E-state index is 12.9. The Balaban J connectivity index is 1.79. The Kier molecular flexibility index (Phi) is 6.02. The third kappa shape index (κ3) is 4.24. The van der Waals surface area contributed by atoms with Crippen LogP contribution in [-0.2, 0) is 14.0 Å². The van der Waals surface area contributed by atoms with Gasteiger partial charge >= 0.3 is 5.97 Å². The highest BCUT2D eigenvalue weighted by atomic mass is 32.2. The topological polar surface area (TPSA) is 119 Å². The molecule has 2 heterocycles. The van der Waals surface area contributed by atoms with Crippen LogP contribution in [0.3, 0.4) is 0 Å². The van der Waals surface area contributed by atoms with Gasteiger partial charge in [0.25, 0.3) is 0 Å². The third-order valence-electron chi connectivity index (χ3n) is 6.09. The lowest BCUT2D eigenvalue weighted by atomic mass is 9.92. The highest BCUT2D eigenvalue weighted by Gasteiger charge is 2.59. The molecule has 3 rings (SSSR count). The normalized spacial score (nSPS) is 22.1. The molecule has 31 heavy (non-hydrogen) atoms. The summed E-state index contributed by atoms with van der Waals surface area (Å²) in [6.45, 7) is 12.5. The SMILES string of the molecule is C[C@@H](O[Si](C)(C)C(C)(C)C)[C@H]1C(=O)N2C(C(=O)O)=C(Oc3ccc(C(N)=O)cc3)S[C@H]12. The minimum atomic E-state index is -2.10. The number of nitrogens with two attached hydrogens (primary N) is 1. The van der Waals surface area contributed by atoms with E-state index in [4.69, 9.17) is 14.9 Å². The molecule has 10 heteroatoms. The van der Waals surface area contributed by atoms with Crippen molar-refractivity contribution in [2.45, 2.75) is 57.3 Å². The lowest BCUT2D eigenvalue weighted by Crippen LogP contribution is -2.62. The lowest BCUT2D eigenvalue weighted by molar-refractivity contribution is -0.156. The predicted octanol–water partition coefficient (Wildman–Crippen LogP) is 3.36. The van der Waals surface area contributed by atoms with Crippen LogP contribution in [0.25, 0.3) is 0 Å². The van der Waals surface area contributed by atoms with Crippen LogP contribution >= 0.6 is 11.8 Å². The number of thioether (sulfide) groups is 1. The van der Waals surface area contributed by atoms with Crippen LogP contribution in [0.15, 0.2) is 35.1 Å². The molecule has 0 aromatic heterocycles. The number of benzene rings is 1. The Morgan fingerprint density at radius 3 is 2.29 bits per heavy atom. The fraction of sp³-hybridized carbons (Fsp3) is 0.476. The molecule has 2 aliphatic heterocycles. The van der Waals surface area contributed by atoms with Gasteiger partial charge in [-0.2, -0.15) is 0 Å². The van der Waals surface area contributed by atoms with Crippen molar-refractivity contribution in [2.75, 3.05) is 0 Å². The smallest absolute Gasteiger partial charge is 0.357 e. The number of aliphatic carboxylic acids is 1. The number of carboxylic acid groups (broad SMARTS) is 1. The van der Waals surface area contributed by atoms with Gasteiger partial charge in [0.05, 0.1) is 12.0 Å². The van der Waals surface area contributed by atoms with Crippen LogP contribution < -0.4 is 10.5 Å². The van der Waals surface area contributed by atoms with E-state index in [9.17, 15) is 19.5 Å². The number of nitrogens with zero attached hydrogens (tertiary/aromatic N) is 1. The van der Waals surface area contributed by atoms with E-state index in [1.807, 2.05) is 6.92 Å². The number of β-lactam (4-membered cyclic amide) rings is 1. The Labute approximate surface area is 186 Å². The molecular formula is C21H28N2O6SSi. The second-order valence-corrected chi connectivity index (χ2v) is 15.1. The Morgan fingerprint density at radius 1 is 1.23 bits per heavy atom. The van der Waals surface area contributed by atoms with Gasteiger partial charge < -0.3 is 20.0 Å². The molecule has 2 amide bonds. The lowest BCUT2D eigenvalue weighted by Gasteiger charge is -2.47. The first kappa shape index (κ1) is 23.4. The van der Waals surface area contributed by atoms with Crippen molar-refractivity contribution in [1.82, 2.24) is 4.90 Å². The zero-order chi connectivity index (χ0) is 23.3. The van der Waals surface area contributed by atoms with E-state index in [2.05, 4.69) is 33.9 Å². The van der Waals surface area contributed by atoms with Gasteiger partial charge in [-0.05, 0) is 49.3 Å². The fourth-order valence-electron chi connectivity index (χ4n) is 3.32. The Bertz CT molecular complexity index is 954. The summed E-state index contributed by atoms with van der Waals surface area (Å²) in [5.41, 5.74) is 5.38. The summed E-state index contributed by atoms with van der Waals surface area (Å²) >= 11 is 1.20. The molecule has 2 aliphatic rings. The number of carboxylic acids is 1. The molecule has 0 spiro atoms. The molecule has 1 fully saturated rings. The van der Waals surface area contributed by atoms with E-state index in [0.717, 1.165) is 0 Å². The number of amides is 2. The summed E-state index contributed by atoms with van der Waals surface area (Å²) < 4.78 is 12.2. The van der Waals surface area contributed by atoms with Crippen molar-refractivity contribution in [3.8, 4) is 5.75 Å². The van der Waals surface area contributed by atoms with Gasteiger partial charge in [-0.15, -0.1) is 0 Å². The first-order chi connectivity index (χ1) is 14.2. The van der Waals surface area contributed by atoms with Crippen molar-refractivity contribution >= 4 is 37.9 Å². The quantitative estimate of drug-likeness (QED) is 0.469. The van der Waals surface area contributed by atoms with E-state index in [1.165, 1.54) is 40.9 Å². The van der Waals surface area contributed by atoms with Gasteiger partial charge in [-0.3, -0.25) is 14.5 Å². The Morgan fingerprint density at radius 2 is 1.81 bits per heavy atom. The van der Waals surface area contributed by atoms with Crippen LogP contribution in [0.5, 0.6) is 5.75 Å². The molecule has 0 bridgehead atoms. The number of fused-ring (bicyclic) bond motifs is 1. The summed E-state index contributed by atoms with van der Waals surface area (Å²) in [6.07, 6.45) is -0.341. The molecule has 3 atom stereocenters. The number of carbonyl (C=O) groups is 3. The highest BCUT2D eigenvalue weighted by molar-refractivity contribution is 8.03. The van der Waals surface area contributed by atoms with E-state index < -0.39 is 31.5 Å². The molecule has 0 aliphatic carbocycles. The summed E-state index contributed by atoms with van der Waals surface area (Å²) in [5, 5.41) is 9.45. The van der Waals surface area contributed by atoms with Gasteiger partial charge in [-0.1, -0.05) is 32.5 Å². The number of ether oxygens (including phenoxy) is 1. The second-order valence-electron chi connectivity index (χ2n) is 9.26. The number of hydrogen-bond donors (Lipinski definition) is 2. The van der Waals surface area contributed by atoms with E-state index in [1.54, 1.807) is 0 Å². The molecular weight excluding hydrogens is 436 g/mol. The van der Waals surface area contributed by atoms with Gasteiger partial charge in [0.1, 0.15) is 11.1 Å². The molecule has 3 N–H and O–H groups in total. The summed E-state index contributed by atoms with van der Waals surface area (Å²) in [5.74, 6) is -2.18. The molecule has 0 radical (unpaired) electrons. The predicted molar refractivity (Wildman–Crippen MR) is 120 cm³/mol. The minimum absolute atomic E-state index is 0.00756. The van der Waals surface area contributed by atoms with Gasteiger partial charge in [0.15, 0.2) is 19.1 Å². The second kappa shape index (κ2) is 7.99. The average Bonchev–Trinajstić information content (AvgIpc) is 2.95. The van der Waals surface area contributed by atoms with Crippen LogP contribution in [0.4, 0.5) is 0 Å². The van der Waals surface area contributed by atoms with Gasteiger partial charge in [-0.25, -0.2) is 4.79 Å². The summed E-state index contributed by atoms with van der Waals surface area (Å²) in [4.78, 5) is 37.3. The van der Waals surface area contributed by atoms with Gasteiger partial charge in [0.2, 0.25) is 11.8 Å². The van der Waals surface area contributed by atoms with E-state index in [-0.39, 0.29) is 27.8 Å². The molecule has 168 valence electrons. The molecule has 0 saturated carbocycles. The van der Waals surface area contributed by atoms with Crippen LogP contribution in [0.1, 0.15) is 38.1 Å². The van der Waals surface area contributed by atoms with Crippen LogP contribution in [0, 0.1) is 5.92 Å². The molecule has 1 aromatic carbocycles.